The number of carbonyl (C=O) groups excluding carboxylic acids is 2. The number of ether oxygens (including phenoxy) is 1. The van der Waals surface area contributed by atoms with Crippen LogP contribution in [0.25, 0.3) is 11.1 Å². The minimum atomic E-state index is -1.05. The minimum absolute atomic E-state index is 0.0630. The number of carbonyl (C=O) groups is 3. The summed E-state index contributed by atoms with van der Waals surface area (Å²) in [5.74, 6) is -1.27. The van der Waals surface area contributed by atoms with E-state index in [2.05, 4.69) is 27.8 Å². The number of aromatic nitrogens is 1. The lowest BCUT2D eigenvalue weighted by Gasteiger charge is -2.14. The van der Waals surface area contributed by atoms with Crippen LogP contribution in [0.3, 0.4) is 0 Å². The summed E-state index contributed by atoms with van der Waals surface area (Å²) in [7, 11) is 0. The molecule has 3 aromatic rings. The molecule has 1 heterocycles. The Morgan fingerprint density at radius 3 is 2.31 bits per heavy atom. The van der Waals surface area contributed by atoms with E-state index in [1.54, 1.807) is 6.92 Å². The number of benzene rings is 2. The Balaban J connectivity index is 1.21. The van der Waals surface area contributed by atoms with Gasteiger partial charge in [-0.1, -0.05) is 72.7 Å². The van der Waals surface area contributed by atoms with Crippen LogP contribution >= 0.6 is 11.3 Å². The van der Waals surface area contributed by atoms with E-state index in [1.165, 1.54) is 0 Å². The van der Waals surface area contributed by atoms with Gasteiger partial charge in [0.2, 0.25) is 0 Å². The number of hydrogen-bond acceptors (Lipinski definition) is 6. The number of thiazole rings is 1. The number of anilines is 1. The Bertz CT molecular complexity index is 1250. The highest BCUT2D eigenvalue weighted by atomic mass is 32.1. The molecule has 0 bridgehead atoms. The van der Waals surface area contributed by atoms with E-state index in [-0.39, 0.29) is 22.5 Å². The summed E-state index contributed by atoms with van der Waals surface area (Å²) in [5, 5.41) is 14.8. The van der Waals surface area contributed by atoms with Gasteiger partial charge in [-0.25, -0.2) is 14.6 Å². The third-order valence-electron chi connectivity index (χ3n) is 6.42. The molecule has 1 atom stereocenters. The van der Waals surface area contributed by atoms with Crippen molar-refractivity contribution in [3.8, 4) is 11.1 Å². The monoisotopic (exact) mass is 491 g/mol. The second-order valence-corrected chi connectivity index (χ2v) is 9.93. The maximum Gasteiger partial charge on any atom is 0.413 e. The molecule has 1 fully saturated rings. The fourth-order valence-corrected chi connectivity index (χ4v) is 5.37. The number of carboxylic acids is 1. The van der Waals surface area contributed by atoms with Crippen molar-refractivity contribution in [1.82, 2.24) is 10.3 Å². The number of aliphatic carboxylic acids is 1. The Kier molecular flexibility index (Phi) is 6.25. The standard InChI is InChI=1S/C26H25N3O5S/c1-14-22(23(30)28-21(24(31)32)12-15-10-11-15)35-25(27-14)29-26(33)34-13-20-18-8-4-2-6-16(18)17-7-3-5-9-19(17)20/h2-9,15,20-21H,10-13H2,1H3,(H,28,30)(H,31,32)(H,27,29,33)/t21-/m0/s1. The number of fused-ring (bicyclic) bond motifs is 3. The van der Waals surface area contributed by atoms with Crippen molar-refractivity contribution in [3.63, 3.8) is 0 Å². The molecule has 2 aliphatic rings. The number of nitrogens with zero attached hydrogens (tertiary/aromatic N) is 1. The van der Waals surface area contributed by atoms with Gasteiger partial charge in [0.05, 0.1) is 5.69 Å². The van der Waals surface area contributed by atoms with Crippen LogP contribution in [0.2, 0.25) is 0 Å². The first-order chi connectivity index (χ1) is 16.9. The Hall–Kier alpha value is -3.72. The highest BCUT2D eigenvalue weighted by molar-refractivity contribution is 7.17. The maximum atomic E-state index is 12.7. The number of nitrogens with one attached hydrogen (secondary N) is 2. The van der Waals surface area contributed by atoms with Crippen molar-refractivity contribution < 1.29 is 24.2 Å². The van der Waals surface area contributed by atoms with E-state index in [0.29, 0.717) is 18.0 Å². The molecule has 3 N–H and O–H groups in total. The Morgan fingerprint density at radius 1 is 1.09 bits per heavy atom. The summed E-state index contributed by atoms with van der Waals surface area (Å²) >= 11 is 0.991. The van der Waals surface area contributed by atoms with E-state index in [0.717, 1.165) is 46.4 Å². The molecule has 0 saturated heterocycles. The van der Waals surface area contributed by atoms with Crippen LogP contribution in [0.4, 0.5) is 9.93 Å². The number of amides is 2. The molecule has 2 aromatic carbocycles. The smallest absolute Gasteiger partial charge is 0.413 e. The highest BCUT2D eigenvalue weighted by Crippen LogP contribution is 2.44. The lowest BCUT2D eigenvalue weighted by Crippen LogP contribution is -2.41. The van der Waals surface area contributed by atoms with Gasteiger partial charge in [-0.3, -0.25) is 10.1 Å². The van der Waals surface area contributed by atoms with Gasteiger partial charge in [0.15, 0.2) is 5.13 Å². The summed E-state index contributed by atoms with van der Waals surface area (Å²) in [5.41, 5.74) is 4.93. The quantitative estimate of drug-likeness (QED) is 0.417. The van der Waals surface area contributed by atoms with Crippen molar-refractivity contribution in [2.24, 2.45) is 5.92 Å². The first kappa shape index (κ1) is 23.0. The lowest BCUT2D eigenvalue weighted by atomic mass is 9.98. The Morgan fingerprint density at radius 2 is 1.71 bits per heavy atom. The zero-order valence-corrected chi connectivity index (χ0v) is 19.9. The largest absolute Gasteiger partial charge is 0.480 e. The van der Waals surface area contributed by atoms with E-state index >= 15 is 0 Å². The molecule has 1 saturated carbocycles. The molecular weight excluding hydrogens is 466 g/mol. The van der Waals surface area contributed by atoms with Gasteiger partial charge in [0, 0.05) is 5.92 Å². The SMILES string of the molecule is Cc1nc(NC(=O)OCC2c3ccccc3-c3ccccc32)sc1C(=O)N[C@@H](CC1CC1)C(=O)O. The van der Waals surface area contributed by atoms with Crippen molar-refractivity contribution in [2.75, 3.05) is 11.9 Å². The molecule has 8 nitrogen and oxygen atoms in total. The Labute approximate surface area is 206 Å². The molecule has 2 amide bonds. The van der Waals surface area contributed by atoms with Crippen LogP contribution in [0.15, 0.2) is 48.5 Å². The fourth-order valence-electron chi connectivity index (χ4n) is 4.51. The van der Waals surface area contributed by atoms with Crippen LogP contribution < -0.4 is 10.6 Å². The second-order valence-electron chi connectivity index (χ2n) is 8.93. The third-order valence-corrected chi connectivity index (χ3v) is 7.50. The highest BCUT2D eigenvalue weighted by Gasteiger charge is 2.32. The van der Waals surface area contributed by atoms with E-state index in [1.807, 2.05) is 36.4 Å². The molecule has 180 valence electrons. The van der Waals surface area contributed by atoms with Gasteiger partial charge < -0.3 is 15.2 Å². The molecule has 0 aliphatic heterocycles. The van der Waals surface area contributed by atoms with Crippen LogP contribution in [0, 0.1) is 12.8 Å². The van der Waals surface area contributed by atoms with Crippen LogP contribution in [-0.4, -0.2) is 40.7 Å². The van der Waals surface area contributed by atoms with Crippen LogP contribution in [0.5, 0.6) is 0 Å². The normalized spacial score (nSPS) is 15.1. The number of carboxylic acid groups (broad SMARTS) is 1. The molecule has 1 aromatic heterocycles. The zero-order chi connectivity index (χ0) is 24.5. The van der Waals surface area contributed by atoms with Crippen molar-refractivity contribution in [2.45, 2.75) is 38.1 Å². The van der Waals surface area contributed by atoms with Crippen molar-refractivity contribution in [1.29, 1.82) is 0 Å². The van der Waals surface area contributed by atoms with Crippen LogP contribution in [-0.2, 0) is 9.53 Å². The molecule has 0 unspecified atom stereocenters. The number of rotatable bonds is 8. The predicted octanol–water partition coefficient (Wildman–Crippen LogP) is 4.80. The number of aryl methyl sites for hydroxylation is 1. The molecule has 5 rings (SSSR count). The number of hydrogen-bond donors (Lipinski definition) is 3. The van der Waals surface area contributed by atoms with Gasteiger partial charge in [-0.2, -0.15) is 0 Å². The molecular formula is C26H25N3O5S. The molecule has 35 heavy (non-hydrogen) atoms. The molecule has 0 spiro atoms. The summed E-state index contributed by atoms with van der Waals surface area (Å²) in [4.78, 5) is 41.2. The fraction of sp³-hybridized carbons (Fsp3) is 0.308. The van der Waals surface area contributed by atoms with Gasteiger partial charge in [0.25, 0.3) is 5.91 Å². The van der Waals surface area contributed by atoms with Gasteiger partial charge in [-0.15, -0.1) is 0 Å². The van der Waals surface area contributed by atoms with E-state index in [4.69, 9.17) is 4.74 Å². The van der Waals surface area contributed by atoms with Gasteiger partial charge >= 0.3 is 12.1 Å². The average Bonchev–Trinajstić information content (AvgIpc) is 3.50. The maximum absolute atomic E-state index is 12.7. The summed E-state index contributed by atoms with van der Waals surface area (Å²) in [6.07, 6.45) is 1.75. The molecule has 9 heteroatoms. The minimum Gasteiger partial charge on any atom is -0.480 e. The van der Waals surface area contributed by atoms with Crippen molar-refractivity contribution in [3.05, 3.63) is 70.2 Å². The summed E-state index contributed by atoms with van der Waals surface area (Å²) < 4.78 is 5.54. The second kappa shape index (κ2) is 9.50. The first-order valence-electron chi connectivity index (χ1n) is 11.5. The van der Waals surface area contributed by atoms with E-state index in [9.17, 15) is 19.5 Å². The average molecular weight is 492 g/mol. The predicted molar refractivity (Wildman–Crippen MR) is 132 cm³/mol. The summed E-state index contributed by atoms with van der Waals surface area (Å²) in [6.45, 7) is 1.81. The zero-order valence-electron chi connectivity index (χ0n) is 19.1. The van der Waals surface area contributed by atoms with E-state index < -0.39 is 24.0 Å². The molecule has 2 aliphatic carbocycles. The lowest BCUT2D eigenvalue weighted by molar-refractivity contribution is -0.139. The first-order valence-corrected chi connectivity index (χ1v) is 12.4. The van der Waals surface area contributed by atoms with Gasteiger partial charge in [-0.05, 0) is 41.5 Å². The summed E-state index contributed by atoms with van der Waals surface area (Å²) in [6, 6.07) is 15.2. The topological polar surface area (TPSA) is 118 Å². The van der Waals surface area contributed by atoms with Crippen molar-refractivity contribution >= 4 is 34.4 Å². The van der Waals surface area contributed by atoms with Crippen LogP contribution in [0.1, 0.15) is 51.7 Å². The third kappa shape index (κ3) is 4.90. The molecule has 0 radical (unpaired) electrons. The van der Waals surface area contributed by atoms with Gasteiger partial charge in [0.1, 0.15) is 17.5 Å².